The van der Waals surface area contributed by atoms with E-state index in [0.717, 1.165) is 38.3 Å². The van der Waals surface area contributed by atoms with Gasteiger partial charge in [0.1, 0.15) is 0 Å². The SMILES string of the molecule is CN1CCN(Cc2cccc(CO)c2)CC1. The maximum Gasteiger partial charge on any atom is 0.0681 e. The van der Waals surface area contributed by atoms with Gasteiger partial charge in [-0.25, -0.2) is 0 Å². The molecular formula is C13H20N2O. The molecule has 1 saturated heterocycles. The number of hydrogen-bond acceptors (Lipinski definition) is 3. The summed E-state index contributed by atoms with van der Waals surface area (Å²) in [6.45, 7) is 5.72. The molecule has 0 saturated carbocycles. The fraction of sp³-hybridized carbons (Fsp3) is 0.538. The Hall–Kier alpha value is -0.900. The summed E-state index contributed by atoms with van der Waals surface area (Å²) in [6.07, 6.45) is 0. The van der Waals surface area contributed by atoms with Crippen LogP contribution in [-0.4, -0.2) is 48.1 Å². The van der Waals surface area contributed by atoms with E-state index in [-0.39, 0.29) is 6.61 Å². The van der Waals surface area contributed by atoms with Gasteiger partial charge in [0.05, 0.1) is 6.61 Å². The largest absolute Gasteiger partial charge is 0.392 e. The summed E-state index contributed by atoms with van der Waals surface area (Å²) in [5.41, 5.74) is 2.31. The average molecular weight is 220 g/mol. The zero-order valence-corrected chi connectivity index (χ0v) is 9.89. The van der Waals surface area contributed by atoms with Crippen molar-refractivity contribution in [1.82, 2.24) is 9.80 Å². The van der Waals surface area contributed by atoms with Gasteiger partial charge in [0.2, 0.25) is 0 Å². The number of hydrogen-bond donors (Lipinski definition) is 1. The lowest BCUT2D eigenvalue weighted by Crippen LogP contribution is -2.43. The minimum atomic E-state index is 0.135. The van der Waals surface area contributed by atoms with Gasteiger partial charge in [-0.1, -0.05) is 24.3 Å². The summed E-state index contributed by atoms with van der Waals surface area (Å²) in [5, 5.41) is 9.08. The molecule has 0 amide bonds. The summed E-state index contributed by atoms with van der Waals surface area (Å²) < 4.78 is 0. The minimum absolute atomic E-state index is 0.135. The molecule has 3 heteroatoms. The minimum Gasteiger partial charge on any atom is -0.392 e. The third-order valence-electron chi connectivity index (χ3n) is 3.18. The number of benzene rings is 1. The summed E-state index contributed by atoms with van der Waals surface area (Å²) in [6, 6.07) is 8.22. The van der Waals surface area contributed by atoms with Crippen LogP contribution in [0.5, 0.6) is 0 Å². The lowest BCUT2D eigenvalue weighted by Gasteiger charge is -2.32. The van der Waals surface area contributed by atoms with Crippen LogP contribution < -0.4 is 0 Å². The number of rotatable bonds is 3. The standard InChI is InChI=1S/C13H20N2O/c1-14-5-7-15(8-6-14)10-12-3-2-4-13(9-12)11-16/h2-4,9,16H,5-8,10-11H2,1H3. The van der Waals surface area contributed by atoms with Gasteiger partial charge in [0, 0.05) is 32.7 Å². The highest BCUT2D eigenvalue weighted by molar-refractivity contribution is 5.22. The van der Waals surface area contributed by atoms with Crippen LogP contribution in [0, 0.1) is 0 Å². The Bertz CT molecular complexity index is 332. The predicted molar refractivity (Wildman–Crippen MR) is 65.1 cm³/mol. The van der Waals surface area contributed by atoms with E-state index in [1.165, 1.54) is 5.56 Å². The van der Waals surface area contributed by atoms with E-state index in [2.05, 4.69) is 29.0 Å². The number of likely N-dealkylation sites (N-methyl/N-ethyl adjacent to an activating group) is 1. The van der Waals surface area contributed by atoms with Crippen LogP contribution in [0.15, 0.2) is 24.3 Å². The fourth-order valence-corrected chi connectivity index (χ4v) is 2.09. The van der Waals surface area contributed by atoms with Gasteiger partial charge in [0.25, 0.3) is 0 Å². The molecule has 16 heavy (non-hydrogen) atoms. The summed E-state index contributed by atoms with van der Waals surface area (Å²) in [7, 11) is 2.17. The molecule has 1 aromatic rings. The van der Waals surface area contributed by atoms with Gasteiger partial charge in [-0.15, -0.1) is 0 Å². The molecule has 88 valence electrons. The Morgan fingerprint density at radius 3 is 2.50 bits per heavy atom. The molecule has 1 aliphatic heterocycles. The van der Waals surface area contributed by atoms with Crippen molar-refractivity contribution in [1.29, 1.82) is 0 Å². The molecule has 0 aromatic heterocycles. The summed E-state index contributed by atoms with van der Waals surface area (Å²) in [5.74, 6) is 0. The monoisotopic (exact) mass is 220 g/mol. The van der Waals surface area contributed by atoms with Crippen LogP contribution in [0.3, 0.4) is 0 Å². The maximum atomic E-state index is 9.08. The van der Waals surface area contributed by atoms with Crippen molar-refractivity contribution in [2.45, 2.75) is 13.2 Å². The van der Waals surface area contributed by atoms with Crippen molar-refractivity contribution in [3.05, 3.63) is 35.4 Å². The first-order valence-electron chi connectivity index (χ1n) is 5.87. The Balaban J connectivity index is 1.93. The van der Waals surface area contributed by atoms with Crippen molar-refractivity contribution in [3.8, 4) is 0 Å². The highest BCUT2D eigenvalue weighted by atomic mass is 16.3. The highest BCUT2D eigenvalue weighted by Crippen LogP contribution is 2.10. The molecule has 0 unspecified atom stereocenters. The van der Waals surface area contributed by atoms with E-state index in [1.807, 2.05) is 12.1 Å². The fourth-order valence-electron chi connectivity index (χ4n) is 2.09. The topological polar surface area (TPSA) is 26.7 Å². The normalized spacial score (nSPS) is 18.9. The van der Waals surface area contributed by atoms with E-state index in [1.54, 1.807) is 0 Å². The second-order valence-corrected chi connectivity index (χ2v) is 4.56. The van der Waals surface area contributed by atoms with E-state index < -0.39 is 0 Å². The first kappa shape index (κ1) is 11.6. The lowest BCUT2D eigenvalue weighted by molar-refractivity contribution is 0.148. The van der Waals surface area contributed by atoms with E-state index >= 15 is 0 Å². The maximum absolute atomic E-state index is 9.08. The molecule has 1 N–H and O–H groups in total. The molecule has 0 spiro atoms. The summed E-state index contributed by atoms with van der Waals surface area (Å²) in [4.78, 5) is 4.83. The van der Waals surface area contributed by atoms with Crippen molar-refractivity contribution in [3.63, 3.8) is 0 Å². The third-order valence-corrected chi connectivity index (χ3v) is 3.18. The smallest absolute Gasteiger partial charge is 0.0681 e. The Labute approximate surface area is 97.3 Å². The first-order chi connectivity index (χ1) is 7.78. The van der Waals surface area contributed by atoms with E-state index in [0.29, 0.717) is 0 Å². The molecule has 1 heterocycles. The van der Waals surface area contributed by atoms with Gasteiger partial charge < -0.3 is 10.0 Å². The van der Waals surface area contributed by atoms with Gasteiger partial charge in [-0.05, 0) is 18.2 Å². The number of nitrogens with zero attached hydrogens (tertiary/aromatic N) is 2. The van der Waals surface area contributed by atoms with Crippen molar-refractivity contribution < 1.29 is 5.11 Å². The van der Waals surface area contributed by atoms with E-state index in [9.17, 15) is 0 Å². The summed E-state index contributed by atoms with van der Waals surface area (Å²) >= 11 is 0. The third kappa shape index (κ3) is 3.04. The molecule has 3 nitrogen and oxygen atoms in total. The second-order valence-electron chi connectivity index (χ2n) is 4.56. The van der Waals surface area contributed by atoms with Crippen LogP contribution in [-0.2, 0) is 13.2 Å². The molecule has 0 aliphatic carbocycles. The molecule has 1 aromatic carbocycles. The molecule has 2 rings (SSSR count). The Morgan fingerprint density at radius 2 is 1.81 bits per heavy atom. The van der Waals surface area contributed by atoms with E-state index in [4.69, 9.17) is 5.11 Å². The Kier molecular flexibility index (Phi) is 3.93. The van der Waals surface area contributed by atoms with Gasteiger partial charge in [-0.2, -0.15) is 0 Å². The quantitative estimate of drug-likeness (QED) is 0.821. The molecule has 1 aliphatic rings. The molecule has 0 atom stereocenters. The second kappa shape index (κ2) is 5.43. The number of aliphatic hydroxyl groups excluding tert-OH is 1. The first-order valence-corrected chi connectivity index (χ1v) is 5.87. The Morgan fingerprint density at radius 1 is 1.12 bits per heavy atom. The van der Waals surface area contributed by atoms with Crippen LogP contribution in [0.2, 0.25) is 0 Å². The van der Waals surface area contributed by atoms with Crippen molar-refractivity contribution in [2.75, 3.05) is 33.2 Å². The zero-order chi connectivity index (χ0) is 11.4. The molecule has 0 radical (unpaired) electrons. The van der Waals surface area contributed by atoms with Crippen LogP contribution in [0.1, 0.15) is 11.1 Å². The zero-order valence-electron chi connectivity index (χ0n) is 9.89. The van der Waals surface area contributed by atoms with Crippen LogP contribution in [0.25, 0.3) is 0 Å². The average Bonchev–Trinajstić information content (AvgIpc) is 2.32. The number of aliphatic hydroxyl groups is 1. The van der Waals surface area contributed by atoms with Crippen LogP contribution in [0.4, 0.5) is 0 Å². The van der Waals surface area contributed by atoms with Gasteiger partial charge in [0.15, 0.2) is 0 Å². The lowest BCUT2D eigenvalue weighted by atomic mass is 10.1. The van der Waals surface area contributed by atoms with Gasteiger partial charge >= 0.3 is 0 Å². The van der Waals surface area contributed by atoms with Crippen LogP contribution >= 0.6 is 0 Å². The number of piperazine rings is 1. The highest BCUT2D eigenvalue weighted by Gasteiger charge is 2.13. The molecule has 0 bridgehead atoms. The van der Waals surface area contributed by atoms with Gasteiger partial charge in [-0.3, -0.25) is 4.90 Å². The molecular weight excluding hydrogens is 200 g/mol. The molecule has 1 fully saturated rings. The van der Waals surface area contributed by atoms with Crippen molar-refractivity contribution in [2.24, 2.45) is 0 Å². The van der Waals surface area contributed by atoms with Crippen molar-refractivity contribution >= 4 is 0 Å². The predicted octanol–water partition coefficient (Wildman–Crippen LogP) is 0.926.